The highest BCUT2D eigenvalue weighted by Crippen LogP contribution is 2.10. The van der Waals surface area contributed by atoms with Crippen LogP contribution in [0.2, 0.25) is 5.02 Å². The maximum absolute atomic E-state index is 11.9. The number of halogens is 1. The Bertz CT molecular complexity index is 433. The molecule has 1 unspecified atom stereocenters. The molecule has 5 nitrogen and oxygen atoms in total. The van der Waals surface area contributed by atoms with Crippen molar-refractivity contribution < 1.29 is 19.4 Å². The summed E-state index contributed by atoms with van der Waals surface area (Å²) in [5.74, 6) is -1.49. The van der Waals surface area contributed by atoms with Gasteiger partial charge in [0.1, 0.15) is 6.04 Å². The van der Waals surface area contributed by atoms with Gasteiger partial charge in [0.15, 0.2) is 0 Å². The summed E-state index contributed by atoms with van der Waals surface area (Å²) < 4.78 is 4.85. The molecular formula is C13H16ClNO4. The SMILES string of the molecule is COCCCC(NC(=O)c1ccc(Cl)cc1)C(=O)O. The predicted octanol–water partition coefficient (Wildman–Crippen LogP) is 1.95. The Hall–Kier alpha value is -1.59. The van der Waals surface area contributed by atoms with Crippen molar-refractivity contribution in [1.29, 1.82) is 0 Å². The molecular weight excluding hydrogens is 270 g/mol. The van der Waals surface area contributed by atoms with E-state index in [0.29, 0.717) is 30.0 Å². The maximum atomic E-state index is 11.9. The first-order valence-corrected chi connectivity index (χ1v) is 6.20. The lowest BCUT2D eigenvalue weighted by molar-refractivity contribution is -0.139. The first-order valence-electron chi connectivity index (χ1n) is 5.82. The number of carbonyl (C=O) groups is 2. The van der Waals surface area contributed by atoms with Crippen molar-refractivity contribution in [2.75, 3.05) is 13.7 Å². The van der Waals surface area contributed by atoms with Gasteiger partial charge in [-0.15, -0.1) is 0 Å². The molecule has 0 aliphatic heterocycles. The molecule has 0 aromatic heterocycles. The van der Waals surface area contributed by atoms with E-state index in [2.05, 4.69) is 5.32 Å². The summed E-state index contributed by atoms with van der Waals surface area (Å²) in [5, 5.41) is 12.0. The Balaban J connectivity index is 2.60. The summed E-state index contributed by atoms with van der Waals surface area (Å²) >= 11 is 5.72. The number of aliphatic carboxylic acids is 1. The third-order valence-corrected chi connectivity index (χ3v) is 2.80. The van der Waals surface area contributed by atoms with E-state index in [1.54, 1.807) is 31.4 Å². The summed E-state index contributed by atoms with van der Waals surface area (Å²) in [6.07, 6.45) is 0.886. The van der Waals surface area contributed by atoms with Crippen molar-refractivity contribution in [3.63, 3.8) is 0 Å². The Morgan fingerprint density at radius 3 is 2.53 bits per heavy atom. The highest BCUT2D eigenvalue weighted by atomic mass is 35.5. The minimum Gasteiger partial charge on any atom is -0.480 e. The number of methoxy groups -OCH3 is 1. The second-order valence-corrected chi connectivity index (χ2v) is 4.44. The van der Waals surface area contributed by atoms with Crippen molar-refractivity contribution in [3.8, 4) is 0 Å². The summed E-state index contributed by atoms with van der Waals surface area (Å²) in [4.78, 5) is 22.9. The molecule has 1 amide bonds. The normalized spacial score (nSPS) is 11.9. The standard InChI is InChI=1S/C13H16ClNO4/c1-19-8-2-3-11(13(17)18)15-12(16)9-4-6-10(14)7-5-9/h4-7,11H,2-3,8H2,1H3,(H,15,16)(H,17,18). The number of carboxylic acid groups (broad SMARTS) is 1. The van der Waals surface area contributed by atoms with Crippen molar-refractivity contribution in [2.24, 2.45) is 0 Å². The molecule has 19 heavy (non-hydrogen) atoms. The number of carboxylic acids is 1. The van der Waals surface area contributed by atoms with Gasteiger partial charge >= 0.3 is 5.97 Å². The largest absolute Gasteiger partial charge is 0.480 e. The van der Waals surface area contributed by atoms with Crippen LogP contribution in [0, 0.1) is 0 Å². The van der Waals surface area contributed by atoms with E-state index in [1.165, 1.54) is 0 Å². The molecule has 6 heteroatoms. The van der Waals surface area contributed by atoms with Crippen LogP contribution >= 0.6 is 11.6 Å². The lowest BCUT2D eigenvalue weighted by atomic mass is 10.1. The van der Waals surface area contributed by atoms with E-state index in [-0.39, 0.29) is 0 Å². The van der Waals surface area contributed by atoms with Gasteiger partial charge in [-0.25, -0.2) is 4.79 Å². The van der Waals surface area contributed by atoms with Gasteiger partial charge in [-0.3, -0.25) is 4.79 Å². The lowest BCUT2D eigenvalue weighted by Gasteiger charge is -2.14. The molecule has 0 saturated heterocycles. The molecule has 0 saturated carbocycles. The Kier molecular flexibility index (Phi) is 6.32. The van der Waals surface area contributed by atoms with Crippen LogP contribution in [0.15, 0.2) is 24.3 Å². The number of carbonyl (C=O) groups excluding carboxylic acids is 1. The van der Waals surface area contributed by atoms with E-state index in [0.717, 1.165) is 0 Å². The number of ether oxygens (including phenoxy) is 1. The number of amides is 1. The molecule has 0 aliphatic carbocycles. The van der Waals surface area contributed by atoms with Gasteiger partial charge in [-0.05, 0) is 37.1 Å². The van der Waals surface area contributed by atoms with Crippen LogP contribution in [0.3, 0.4) is 0 Å². The van der Waals surface area contributed by atoms with Gasteiger partial charge in [0.2, 0.25) is 0 Å². The summed E-state index contributed by atoms with van der Waals surface area (Å²) in [6.45, 7) is 0.459. The zero-order chi connectivity index (χ0) is 14.3. The minimum absolute atomic E-state index is 0.322. The molecule has 0 spiro atoms. The van der Waals surface area contributed by atoms with Crippen LogP contribution in [0.5, 0.6) is 0 Å². The monoisotopic (exact) mass is 285 g/mol. The van der Waals surface area contributed by atoms with Gasteiger partial charge < -0.3 is 15.2 Å². The highest BCUT2D eigenvalue weighted by Gasteiger charge is 2.20. The Morgan fingerprint density at radius 2 is 2.00 bits per heavy atom. The molecule has 1 rings (SSSR count). The molecule has 104 valence electrons. The highest BCUT2D eigenvalue weighted by molar-refractivity contribution is 6.30. The minimum atomic E-state index is -1.06. The van der Waals surface area contributed by atoms with E-state index in [1.807, 2.05) is 0 Å². The van der Waals surface area contributed by atoms with Gasteiger partial charge in [0, 0.05) is 24.3 Å². The van der Waals surface area contributed by atoms with Gasteiger partial charge in [0.05, 0.1) is 0 Å². The summed E-state index contributed by atoms with van der Waals surface area (Å²) in [7, 11) is 1.54. The van der Waals surface area contributed by atoms with E-state index in [4.69, 9.17) is 21.4 Å². The van der Waals surface area contributed by atoms with Gasteiger partial charge in [-0.1, -0.05) is 11.6 Å². The first kappa shape index (κ1) is 15.5. The number of hydrogen-bond donors (Lipinski definition) is 2. The van der Waals surface area contributed by atoms with Crippen molar-refractivity contribution in [1.82, 2.24) is 5.32 Å². The third kappa shape index (κ3) is 5.28. The zero-order valence-corrected chi connectivity index (χ0v) is 11.3. The van der Waals surface area contributed by atoms with Crippen molar-refractivity contribution in [2.45, 2.75) is 18.9 Å². The fourth-order valence-corrected chi connectivity index (χ4v) is 1.66. The van der Waals surface area contributed by atoms with Gasteiger partial charge in [0.25, 0.3) is 5.91 Å². The maximum Gasteiger partial charge on any atom is 0.326 e. The first-order chi connectivity index (χ1) is 9.04. The van der Waals surface area contributed by atoms with Gasteiger partial charge in [-0.2, -0.15) is 0 Å². The second kappa shape index (κ2) is 7.76. The molecule has 0 heterocycles. The van der Waals surface area contributed by atoms with Crippen LogP contribution in [0.25, 0.3) is 0 Å². The molecule has 1 atom stereocenters. The average molecular weight is 286 g/mol. The van der Waals surface area contributed by atoms with E-state index >= 15 is 0 Å². The van der Waals surface area contributed by atoms with E-state index in [9.17, 15) is 9.59 Å². The smallest absolute Gasteiger partial charge is 0.326 e. The summed E-state index contributed by atoms with van der Waals surface area (Å²) in [6, 6.07) is 5.34. The van der Waals surface area contributed by atoms with Crippen molar-refractivity contribution >= 4 is 23.5 Å². The molecule has 1 aromatic carbocycles. The van der Waals surface area contributed by atoms with Crippen LogP contribution in [0.1, 0.15) is 23.2 Å². The Labute approximate surface area is 116 Å². The predicted molar refractivity (Wildman–Crippen MR) is 71.5 cm³/mol. The molecule has 0 radical (unpaired) electrons. The molecule has 1 aromatic rings. The number of rotatable bonds is 7. The number of nitrogens with one attached hydrogen (secondary N) is 1. The fourth-order valence-electron chi connectivity index (χ4n) is 1.53. The summed E-state index contributed by atoms with van der Waals surface area (Å²) in [5.41, 5.74) is 0.377. The van der Waals surface area contributed by atoms with Crippen LogP contribution in [0.4, 0.5) is 0 Å². The van der Waals surface area contributed by atoms with Crippen LogP contribution < -0.4 is 5.32 Å². The Morgan fingerprint density at radius 1 is 1.37 bits per heavy atom. The van der Waals surface area contributed by atoms with Crippen molar-refractivity contribution in [3.05, 3.63) is 34.9 Å². The molecule has 0 fully saturated rings. The number of hydrogen-bond acceptors (Lipinski definition) is 3. The van der Waals surface area contributed by atoms with E-state index < -0.39 is 17.9 Å². The second-order valence-electron chi connectivity index (χ2n) is 4.01. The number of benzene rings is 1. The third-order valence-electron chi connectivity index (χ3n) is 2.55. The molecule has 0 bridgehead atoms. The fraction of sp³-hybridized carbons (Fsp3) is 0.385. The average Bonchev–Trinajstić information content (AvgIpc) is 2.38. The topological polar surface area (TPSA) is 75.6 Å². The van der Waals surface area contributed by atoms with Crippen LogP contribution in [-0.4, -0.2) is 36.7 Å². The lowest BCUT2D eigenvalue weighted by Crippen LogP contribution is -2.40. The van der Waals surface area contributed by atoms with Crippen LogP contribution in [-0.2, 0) is 9.53 Å². The quantitative estimate of drug-likeness (QED) is 0.751. The zero-order valence-electron chi connectivity index (χ0n) is 10.6. The molecule has 2 N–H and O–H groups in total. The molecule has 0 aliphatic rings.